The summed E-state index contributed by atoms with van der Waals surface area (Å²) < 4.78 is 12.0. The van der Waals surface area contributed by atoms with E-state index >= 15 is 0 Å². The van der Waals surface area contributed by atoms with Crippen LogP contribution in [0.4, 0.5) is 4.79 Å². The minimum absolute atomic E-state index is 0.0299. The van der Waals surface area contributed by atoms with Crippen molar-refractivity contribution in [2.75, 3.05) is 13.1 Å². The van der Waals surface area contributed by atoms with Crippen molar-refractivity contribution >= 4 is 23.6 Å². The lowest BCUT2D eigenvalue weighted by atomic mass is 9.49. The van der Waals surface area contributed by atoms with Crippen molar-refractivity contribution in [1.82, 2.24) is 20.1 Å². The number of amides is 2. The largest absolute Gasteiger partial charge is 0.489 e. The molecular formula is C37H46ClN5O4. The number of nitrogens with zero attached hydrogens (tertiary/aromatic N) is 4. The zero-order valence-corrected chi connectivity index (χ0v) is 29.7. The van der Waals surface area contributed by atoms with E-state index in [4.69, 9.17) is 26.1 Å². The van der Waals surface area contributed by atoms with E-state index in [1.165, 1.54) is 0 Å². The fourth-order valence-corrected chi connectivity index (χ4v) is 8.01. The van der Waals surface area contributed by atoms with Gasteiger partial charge in [-0.2, -0.15) is 5.26 Å². The number of ether oxygens (including phenoxy) is 2. The Bertz CT molecular complexity index is 1650. The van der Waals surface area contributed by atoms with E-state index in [2.05, 4.69) is 50.9 Å². The molecule has 3 aliphatic rings. The van der Waals surface area contributed by atoms with Gasteiger partial charge in [0.15, 0.2) is 0 Å². The molecule has 0 atom stereocenters. The maximum absolute atomic E-state index is 13.7. The fraction of sp³-hybridized carbons (Fsp3) is 0.568. The van der Waals surface area contributed by atoms with Gasteiger partial charge < -0.3 is 19.3 Å². The molecule has 2 aromatic rings. The quantitative estimate of drug-likeness (QED) is 0.362. The van der Waals surface area contributed by atoms with Gasteiger partial charge in [-0.15, -0.1) is 0 Å². The maximum atomic E-state index is 13.7. The van der Waals surface area contributed by atoms with Crippen LogP contribution in [0.15, 0.2) is 30.3 Å². The summed E-state index contributed by atoms with van der Waals surface area (Å²) in [6, 6.07) is 11.0. The van der Waals surface area contributed by atoms with Gasteiger partial charge >= 0.3 is 6.09 Å². The van der Waals surface area contributed by atoms with Crippen molar-refractivity contribution in [2.24, 2.45) is 10.8 Å². The van der Waals surface area contributed by atoms with Crippen molar-refractivity contribution in [3.05, 3.63) is 57.9 Å². The number of benzene rings is 1. The molecular weight excluding hydrogens is 614 g/mol. The normalized spacial score (nSPS) is 22.0. The summed E-state index contributed by atoms with van der Waals surface area (Å²) in [6.45, 7) is 19.9. The van der Waals surface area contributed by atoms with Crippen LogP contribution in [0.5, 0.6) is 5.75 Å². The van der Waals surface area contributed by atoms with Gasteiger partial charge in [0.25, 0.3) is 5.91 Å². The van der Waals surface area contributed by atoms with E-state index in [0.29, 0.717) is 47.2 Å². The minimum Gasteiger partial charge on any atom is -0.489 e. The van der Waals surface area contributed by atoms with E-state index < -0.39 is 11.1 Å². The van der Waals surface area contributed by atoms with Crippen LogP contribution in [0, 0.1) is 34.0 Å². The highest BCUT2D eigenvalue weighted by Gasteiger charge is 2.67. The molecule has 0 spiro atoms. The van der Waals surface area contributed by atoms with Crippen LogP contribution < -0.4 is 10.1 Å². The van der Waals surface area contributed by atoms with Gasteiger partial charge in [0.05, 0.1) is 33.9 Å². The number of carbonyl (C=O) groups excluding carboxylic acids is 2. The van der Waals surface area contributed by atoms with Crippen LogP contribution in [0.1, 0.15) is 102 Å². The van der Waals surface area contributed by atoms with E-state index in [1.807, 2.05) is 51.7 Å². The van der Waals surface area contributed by atoms with Crippen molar-refractivity contribution in [3.63, 3.8) is 0 Å². The SMILES string of the molecule is CC(C)(C#Cc1ccc2c(n1)CN([C@H]1C(C)(C)[C@H](Oc3ccc(C#N)c(Cl)c3)C1(C)C)C2=O)NC1CCN(C(=O)OC(C)(C)C)CC1. The lowest BCUT2D eigenvalue weighted by molar-refractivity contribution is -0.199. The molecule has 3 heterocycles. The summed E-state index contributed by atoms with van der Waals surface area (Å²) in [5.74, 6) is 7.15. The zero-order chi connectivity index (χ0) is 34.5. The number of hydrogen-bond donors (Lipinski definition) is 1. The van der Waals surface area contributed by atoms with Gasteiger partial charge in [-0.1, -0.05) is 45.2 Å². The molecule has 2 amide bonds. The molecule has 0 unspecified atom stereocenters. The number of rotatable bonds is 5. The van der Waals surface area contributed by atoms with E-state index in [0.717, 1.165) is 18.5 Å². The number of nitriles is 1. The van der Waals surface area contributed by atoms with Crippen LogP contribution in [-0.4, -0.2) is 69.2 Å². The number of nitrogens with one attached hydrogen (secondary N) is 1. The van der Waals surface area contributed by atoms with Crippen LogP contribution in [0.2, 0.25) is 5.02 Å². The monoisotopic (exact) mass is 659 g/mol. The van der Waals surface area contributed by atoms with Crippen LogP contribution in [0.25, 0.3) is 0 Å². The molecule has 2 aliphatic heterocycles. The Morgan fingerprint density at radius 3 is 2.32 bits per heavy atom. The number of pyridine rings is 1. The van der Waals surface area contributed by atoms with Crippen molar-refractivity contribution in [1.29, 1.82) is 5.26 Å². The van der Waals surface area contributed by atoms with Crippen molar-refractivity contribution in [3.8, 4) is 23.7 Å². The molecule has 1 aliphatic carbocycles. The van der Waals surface area contributed by atoms with E-state index in [-0.39, 0.29) is 41.0 Å². The van der Waals surface area contributed by atoms with Gasteiger partial charge in [0, 0.05) is 42.1 Å². The number of hydrogen-bond acceptors (Lipinski definition) is 7. The van der Waals surface area contributed by atoms with Crippen LogP contribution in [0.3, 0.4) is 0 Å². The molecule has 0 bridgehead atoms. The Labute approximate surface area is 283 Å². The highest BCUT2D eigenvalue weighted by atomic mass is 35.5. The average Bonchev–Trinajstić information content (AvgIpc) is 3.28. The predicted molar refractivity (Wildman–Crippen MR) is 181 cm³/mol. The molecule has 1 aromatic carbocycles. The summed E-state index contributed by atoms with van der Waals surface area (Å²) in [4.78, 5) is 34.6. The standard InChI is InChI=1S/C37H46ClN5O4/c1-34(2,3)47-33(45)42-18-15-25(16-19-42)41-35(4,5)17-14-24-11-13-27-29(40-24)22-43(30(27)44)31-36(6,7)32(37(31,8)9)46-26-12-10-23(21-39)28(38)20-26/h10-13,20,25,31-32,41H,15-16,18-19,22H2,1-9H3/t31-,32-. The third-order valence-corrected chi connectivity index (χ3v) is 9.70. The number of fused-ring (bicyclic) bond motifs is 1. The van der Waals surface area contributed by atoms with E-state index in [9.17, 15) is 14.9 Å². The van der Waals surface area contributed by atoms with Gasteiger partial charge in [-0.3, -0.25) is 10.1 Å². The summed E-state index contributed by atoms with van der Waals surface area (Å²) in [5, 5.41) is 13.2. The first-order valence-electron chi connectivity index (χ1n) is 16.3. The first kappa shape index (κ1) is 34.5. The molecule has 1 aromatic heterocycles. The lowest BCUT2D eigenvalue weighted by Crippen LogP contribution is -2.74. The average molecular weight is 660 g/mol. The minimum atomic E-state index is -0.507. The first-order chi connectivity index (χ1) is 21.8. The number of carbonyl (C=O) groups is 2. The lowest BCUT2D eigenvalue weighted by Gasteiger charge is -2.65. The van der Waals surface area contributed by atoms with Gasteiger partial charge in [0.2, 0.25) is 0 Å². The molecule has 250 valence electrons. The summed E-state index contributed by atoms with van der Waals surface area (Å²) in [6.07, 6.45) is 1.19. The van der Waals surface area contributed by atoms with Crippen molar-refractivity contribution < 1.29 is 19.1 Å². The highest BCUT2D eigenvalue weighted by Crippen LogP contribution is 2.59. The fourth-order valence-electron chi connectivity index (χ4n) is 7.79. The topological polar surface area (TPSA) is 108 Å². The van der Waals surface area contributed by atoms with Gasteiger partial charge in [0.1, 0.15) is 29.2 Å². The zero-order valence-electron chi connectivity index (χ0n) is 29.0. The molecule has 1 saturated heterocycles. The van der Waals surface area contributed by atoms with Crippen LogP contribution in [-0.2, 0) is 11.3 Å². The maximum Gasteiger partial charge on any atom is 0.410 e. The highest BCUT2D eigenvalue weighted by molar-refractivity contribution is 6.31. The van der Waals surface area contributed by atoms with Gasteiger partial charge in [-0.25, -0.2) is 9.78 Å². The Morgan fingerprint density at radius 2 is 1.72 bits per heavy atom. The predicted octanol–water partition coefficient (Wildman–Crippen LogP) is 6.56. The van der Waals surface area contributed by atoms with Crippen LogP contribution >= 0.6 is 11.6 Å². The molecule has 47 heavy (non-hydrogen) atoms. The Balaban J connectivity index is 1.22. The number of aromatic nitrogens is 1. The molecule has 10 heteroatoms. The van der Waals surface area contributed by atoms with E-state index in [1.54, 1.807) is 23.1 Å². The Morgan fingerprint density at radius 1 is 1.06 bits per heavy atom. The number of likely N-dealkylation sites (tertiary alicyclic amines) is 1. The second-order valence-electron chi connectivity index (χ2n) is 15.7. The molecule has 1 N–H and O–H groups in total. The number of halogens is 1. The number of piperidine rings is 1. The molecule has 5 rings (SSSR count). The third-order valence-electron chi connectivity index (χ3n) is 9.39. The molecule has 9 nitrogen and oxygen atoms in total. The third kappa shape index (κ3) is 7.08. The van der Waals surface area contributed by atoms with Gasteiger partial charge in [-0.05, 0) is 77.6 Å². The second-order valence-corrected chi connectivity index (χ2v) is 16.1. The molecule has 0 radical (unpaired) electrons. The second kappa shape index (κ2) is 12.3. The Hall–Kier alpha value is -3.79. The summed E-state index contributed by atoms with van der Waals surface area (Å²) in [7, 11) is 0. The first-order valence-corrected chi connectivity index (χ1v) is 16.7. The Kier molecular flexibility index (Phi) is 9.07. The summed E-state index contributed by atoms with van der Waals surface area (Å²) >= 11 is 6.26. The smallest absolute Gasteiger partial charge is 0.410 e. The molecule has 1 saturated carbocycles. The van der Waals surface area contributed by atoms with Crippen molar-refractivity contribution in [2.45, 2.75) is 111 Å². The molecule has 2 fully saturated rings. The summed E-state index contributed by atoms with van der Waals surface area (Å²) in [5.41, 5.74) is 0.669.